The van der Waals surface area contributed by atoms with E-state index in [1.54, 1.807) is 18.3 Å². The Morgan fingerprint density at radius 3 is 2.78 bits per heavy atom. The summed E-state index contributed by atoms with van der Waals surface area (Å²) < 4.78 is 14.1. The maximum absolute atomic E-state index is 14.1. The minimum absolute atomic E-state index is 0.134. The molecule has 0 unspecified atom stereocenters. The molecule has 1 heterocycles. The van der Waals surface area contributed by atoms with Crippen LogP contribution in [0.3, 0.4) is 0 Å². The number of aromatic nitrogens is 1. The van der Waals surface area contributed by atoms with Crippen molar-refractivity contribution in [3.05, 3.63) is 71.1 Å². The highest BCUT2D eigenvalue weighted by Crippen LogP contribution is 2.30. The molecule has 1 amide bonds. The molecule has 1 aromatic heterocycles. The van der Waals surface area contributed by atoms with E-state index in [1.165, 1.54) is 6.07 Å². The molecule has 3 aromatic rings. The first-order valence-corrected chi connectivity index (χ1v) is 9.30. The number of anilines is 1. The smallest absolute Gasteiger partial charge is 0.238 e. The average Bonchev–Trinajstić information content (AvgIpc) is 3.49. The summed E-state index contributed by atoms with van der Waals surface area (Å²) in [5.41, 5.74) is 1.99. The number of carbonyl (C=O) groups is 1. The SMILES string of the molecule is O=C(CN(Cc1c(F)cccc1Cl)C1CC1)Nc1cccc2ncccc12. The van der Waals surface area contributed by atoms with Crippen LogP contribution >= 0.6 is 11.6 Å². The molecule has 0 saturated heterocycles. The van der Waals surface area contributed by atoms with Crippen molar-refractivity contribution in [2.45, 2.75) is 25.4 Å². The monoisotopic (exact) mass is 383 g/mol. The predicted octanol–water partition coefficient (Wildman–Crippen LogP) is 4.63. The van der Waals surface area contributed by atoms with Crippen molar-refractivity contribution in [3.63, 3.8) is 0 Å². The highest BCUT2D eigenvalue weighted by Gasteiger charge is 2.31. The van der Waals surface area contributed by atoms with Gasteiger partial charge in [-0.2, -0.15) is 0 Å². The van der Waals surface area contributed by atoms with Gasteiger partial charge in [-0.1, -0.05) is 23.7 Å². The zero-order valence-corrected chi connectivity index (χ0v) is 15.4. The van der Waals surface area contributed by atoms with E-state index in [-0.39, 0.29) is 18.3 Å². The number of nitrogens with one attached hydrogen (secondary N) is 1. The van der Waals surface area contributed by atoms with Crippen LogP contribution in [0.15, 0.2) is 54.7 Å². The maximum atomic E-state index is 14.1. The fourth-order valence-electron chi connectivity index (χ4n) is 3.23. The van der Waals surface area contributed by atoms with Crippen LogP contribution in [0.25, 0.3) is 10.9 Å². The number of hydrogen-bond donors (Lipinski definition) is 1. The predicted molar refractivity (Wildman–Crippen MR) is 105 cm³/mol. The lowest BCUT2D eigenvalue weighted by Crippen LogP contribution is -2.34. The standard InChI is InChI=1S/C21H19ClFN3O/c22-17-5-1-6-18(23)16(17)12-26(14-9-10-14)13-21(27)25-20-8-2-7-19-15(20)4-3-11-24-19/h1-8,11,14H,9-10,12-13H2,(H,25,27). The van der Waals surface area contributed by atoms with Gasteiger partial charge in [0, 0.05) is 34.8 Å². The highest BCUT2D eigenvalue weighted by atomic mass is 35.5. The highest BCUT2D eigenvalue weighted by molar-refractivity contribution is 6.31. The number of hydrogen-bond acceptors (Lipinski definition) is 3. The van der Waals surface area contributed by atoms with Crippen molar-refractivity contribution in [2.24, 2.45) is 0 Å². The van der Waals surface area contributed by atoms with Crippen LogP contribution in [-0.2, 0) is 11.3 Å². The third-order valence-corrected chi connectivity index (χ3v) is 5.11. The molecule has 1 N–H and O–H groups in total. The summed E-state index contributed by atoms with van der Waals surface area (Å²) in [4.78, 5) is 19.0. The summed E-state index contributed by atoms with van der Waals surface area (Å²) in [6, 6.07) is 14.3. The van der Waals surface area contributed by atoms with E-state index < -0.39 is 0 Å². The fourth-order valence-corrected chi connectivity index (χ4v) is 3.45. The van der Waals surface area contributed by atoms with Gasteiger partial charge in [0.2, 0.25) is 5.91 Å². The molecule has 0 aliphatic heterocycles. The summed E-state index contributed by atoms with van der Waals surface area (Å²) in [7, 11) is 0. The van der Waals surface area contributed by atoms with Gasteiger partial charge in [0.15, 0.2) is 0 Å². The quantitative estimate of drug-likeness (QED) is 0.675. The van der Waals surface area contributed by atoms with E-state index in [4.69, 9.17) is 11.6 Å². The molecule has 4 rings (SSSR count). The Morgan fingerprint density at radius 1 is 1.19 bits per heavy atom. The number of nitrogens with zero attached hydrogens (tertiary/aromatic N) is 2. The van der Waals surface area contributed by atoms with Crippen LogP contribution in [0.1, 0.15) is 18.4 Å². The van der Waals surface area contributed by atoms with Crippen molar-refractivity contribution in [1.82, 2.24) is 9.88 Å². The fraction of sp³-hybridized carbons (Fsp3) is 0.238. The van der Waals surface area contributed by atoms with Crippen molar-refractivity contribution >= 4 is 34.1 Å². The average molecular weight is 384 g/mol. The Balaban J connectivity index is 1.50. The van der Waals surface area contributed by atoms with Gasteiger partial charge in [-0.15, -0.1) is 0 Å². The molecule has 0 bridgehead atoms. The van der Waals surface area contributed by atoms with Gasteiger partial charge >= 0.3 is 0 Å². The summed E-state index contributed by atoms with van der Waals surface area (Å²) >= 11 is 6.16. The van der Waals surface area contributed by atoms with Crippen LogP contribution in [-0.4, -0.2) is 28.4 Å². The lowest BCUT2D eigenvalue weighted by atomic mass is 10.1. The van der Waals surface area contributed by atoms with Gasteiger partial charge in [0.1, 0.15) is 5.82 Å². The van der Waals surface area contributed by atoms with E-state index in [1.807, 2.05) is 35.2 Å². The van der Waals surface area contributed by atoms with E-state index in [9.17, 15) is 9.18 Å². The Bertz CT molecular complexity index is 965. The van der Waals surface area contributed by atoms with Crippen molar-refractivity contribution in [3.8, 4) is 0 Å². The third-order valence-electron chi connectivity index (χ3n) is 4.75. The molecule has 0 radical (unpaired) electrons. The molecule has 27 heavy (non-hydrogen) atoms. The van der Waals surface area contributed by atoms with Crippen LogP contribution in [0, 0.1) is 5.82 Å². The summed E-state index contributed by atoms with van der Waals surface area (Å²) in [6.45, 7) is 0.507. The van der Waals surface area contributed by atoms with E-state index >= 15 is 0 Å². The number of pyridine rings is 1. The number of fused-ring (bicyclic) bond motifs is 1. The maximum Gasteiger partial charge on any atom is 0.238 e. The molecular weight excluding hydrogens is 365 g/mol. The van der Waals surface area contributed by atoms with Gasteiger partial charge in [-0.25, -0.2) is 4.39 Å². The molecule has 1 fully saturated rings. The minimum atomic E-state index is -0.339. The van der Waals surface area contributed by atoms with Gasteiger partial charge in [0.25, 0.3) is 0 Å². The lowest BCUT2D eigenvalue weighted by molar-refractivity contribution is -0.117. The molecule has 1 aliphatic rings. The van der Waals surface area contributed by atoms with Crippen molar-refractivity contribution in [1.29, 1.82) is 0 Å². The summed E-state index contributed by atoms with van der Waals surface area (Å²) in [5, 5.41) is 4.25. The molecule has 138 valence electrons. The van der Waals surface area contributed by atoms with Crippen LogP contribution in [0.5, 0.6) is 0 Å². The minimum Gasteiger partial charge on any atom is -0.324 e. The normalized spacial score (nSPS) is 13.9. The number of halogens is 2. The summed E-state index contributed by atoms with van der Waals surface area (Å²) in [6.07, 6.45) is 3.75. The molecule has 1 saturated carbocycles. The Morgan fingerprint density at radius 2 is 2.00 bits per heavy atom. The Hall–Kier alpha value is -2.50. The molecule has 1 aliphatic carbocycles. The summed E-state index contributed by atoms with van der Waals surface area (Å²) in [5.74, 6) is -0.473. The van der Waals surface area contributed by atoms with Gasteiger partial charge < -0.3 is 5.32 Å². The first-order chi connectivity index (χ1) is 13.1. The van der Waals surface area contributed by atoms with Crippen molar-refractivity contribution in [2.75, 3.05) is 11.9 Å². The number of carbonyl (C=O) groups excluding carboxylic acids is 1. The largest absolute Gasteiger partial charge is 0.324 e. The molecule has 2 aromatic carbocycles. The molecule has 0 spiro atoms. The molecular formula is C21H19ClFN3O. The first-order valence-electron chi connectivity index (χ1n) is 8.92. The third kappa shape index (κ3) is 4.10. The zero-order chi connectivity index (χ0) is 18.8. The van der Waals surface area contributed by atoms with Crippen LogP contribution in [0.2, 0.25) is 5.02 Å². The Labute approximate surface area is 162 Å². The van der Waals surface area contributed by atoms with E-state index in [0.29, 0.717) is 23.2 Å². The second-order valence-corrected chi connectivity index (χ2v) is 7.17. The molecule has 0 atom stereocenters. The van der Waals surface area contributed by atoms with E-state index in [2.05, 4.69) is 10.3 Å². The van der Waals surface area contributed by atoms with Crippen LogP contribution in [0.4, 0.5) is 10.1 Å². The molecule has 4 nitrogen and oxygen atoms in total. The number of benzene rings is 2. The number of amides is 1. The van der Waals surface area contributed by atoms with Crippen molar-refractivity contribution < 1.29 is 9.18 Å². The van der Waals surface area contributed by atoms with E-state index in [0.717, 1.165) is 29.4 Å². The lowest BCUT2D eigenvalue weighted by Gasteiger charge is -2.22. The molecule has 6 heteroatoms. The topological polar surface area (TPSA) is 45.2 Å². The second-order valence-electron chi connectivity index (χ2n) is 6.76. The first kappa shape index (κ1) is 17.9. The van der Waals surface area contributed by atoms with Gasteiger partial charge in [-0.05, 0) is 49.2 Å². The van der Waals surface area contributed by atoms with Gasteiger partial charge in [-0.3, -0.25) is 14.7 Å². The number of rotatable bonds is 6. The second kappa shape index (κ2) is 7.62. The van der Waals surface area contributed by atoms with Crippen LogP contribution < -0.4 is 5.32 Å². The Kier molecular flexibility index (Phi) is 5.05. The zero-order valence-electron chi connectivity index (χ0n) is 14.7. The van der Waals surface area contributed by atoms with Gasteiger partial charge in [0.05, 0.1) is 17.7 Å².